The molecule has 0 bridgehead atoms. The highest BCUT2D eigenvalue weighted by Crippen LogP contribution is 2.29. The zero-order valence-corrected chi connectivity index (χ0v) is 17.8. The molecule has 1 amide bonds. The fourth-order valence-corrected chi connectivity index (χ4v) is 4.14. The van der Waals surface area contributed by atoms with Crippen molar-refractivity contribution in [3.63, 3.8) is 0 Å². The minimum absolute atomic E-state index is 0.155. The van der Waals surface area contributed by atoms with Gasteiger partial charge in [0.25, 0.3) is 5.91 Å². The molecule has 1 aliphatic rings. The third-order valence-electron chi connectivity index (χ3n) is 6.15. The number of ether oxygens (including phenoxy) is 1. The van der Waals surface area contributed by atoms with E-state index < -0.39 is 5.97 Å². The summed E-state index contributed by atoms with van der Waals surface area (Å²) >= 11 is 0. The molecule has 0 radical (unpaired) electrons. The lowest BCUT2D eigenvalue weighted by Crippen LogP contribution is -2.45. The van der Waals surface area contributed by atoms with E-state index in [4.69, 9.17) is 4.74 Å². The second-order valence-electron chi connectivity index (χ2n) is 8.21. The van der Waals surface area contributed by atoms with Crippen molar-refractivity contribution in [2.45, 2.75) is 59.5 Å². The zero-order chi connectivity index (χ0) is 21.0. The molecule has 6 nitrogen and oxygen atoms in total. The zero-order valence-electron chi connectivity index (χ0n) is 17.8. The molecule has 1 saturated carbocycles. The van der Waals surface area contributed by atoms with Crippen molar-refractivity contribution in [1.82, 2.24) is 15.1 Å². The number of benzene rings is 1. The van der Waals surface area contributed by atoms with Gasteiger partial charge in [0.2, 0.25) is 0 Å². The van der Waals surface area contributed by atoms with Gasteiger partial charge in [0.05, 0.1) is 17.9 Å². The van der Waals surface area contributed by atoms with Gasteiger partial charge >= 0.3 is 5.97 Å². The summed E-state index contributed by atoms with van der Waals surface area (Å²) < 4.78 is 7.11. The highest BCUT2D eigenvalue weighted by atomic mass is 16.5. The van der Waals surface area contributed by atoms with Gasteiger partial charge in [-0.3, -0.25) is 9.48 Å². The number of esters is 1. The Kier molecular flexibility index (Phi) is 6.72. The number of carbonyl (C=O) groups is 2. The third-order valence-corrected chi connectivity index (χ3v) is 6.15. The molecule has 156 valence electrons. The van der Waals surface area contributed by atoms with E-state index in [1.165, 1.54) is 6.42 Å². The highest BCUT2D eigenvalue weighted by molar-refractivity contribution is 5.93. The molecule has 3 atom stereocenters. The topological polar surface area (TPSA) is 73.2 Å². The molecule has 0 saturated heterocycles. The van der Waals surface area contributed by atoms with E-state index in [2.05, 4.69) is 24.3 Å². The molecular weight excluding hydrogens is 366 g/mol. The lowest BCUT2D eigenvalue weighted by Gasteiger charge is -2.34. The van der Waals surface area contributed by atoms with E-state index in [0.717, 1.165) is 24.1 Å². The maximum absolute atomic E-state index is 12.6. The molecule has 1 aromatic heterocycles. The number of hydrogen-bond acceptors (Lipinski definition) is 4. The Morgan fingerprint density at radius 2 is 1.90 bits per heavy atom. The first kappa shape index (κ1) is 21.1. The molecule has 1 N–H and O–H groups in total. The number of carbonyl (C=O) groups excluding carboxylic acids is 2. The molecule has 0 aliphatic heterocycles. The van der Waals surface area contributed by atoms with Crippen molar-refractivity contribution in [3.8, 4) is 0 Å². The Morgan fingerprint density at radius 3 is 2.62 bits per heavy atom. The predicted octanol–water partition coefficient (Wildman–Crippen LogP) is 3.65. The number of aryl methyl sites for hydroxylation is 1. The molecular formula is C23H31N3O3. The Morgan fingerprint density at radius 1 is 1.17 bits per heavy atom. The van der Waals surface area contributed by atoms with Gasteiger partial charge in [-0.2, -0.15) is 5.10 Å². The lowest BCUT2D eigenvalue weighted by atomic mass is 9.78. The fourth-order valence-electron chi connectivity index (χ4n) is 4.14. The van der Waals surface area contributed by atoms with Crippen molar-refractivity contribution in [1.29, 1.82) is 0 Å². The molecule has 1 fully saturated rings. The molecule has 1 aromatic carbocycles. The third kappa shape index (κ3) is 5.05. The van der Waals surface area contributed by atoms with Gasteiger partial charge < -0.3 is 10.1 Å². The van der Waals surface area contributed by atoms with Crippen molar-refractivity contribution in [3.05, 3.63) is 52.8 Å². The number of rotatable bonds is 6. The maximum Gasteiger partial charge on any atom is 0.342 e. The van der Waals surface area contributed by atoms with Crippen LogP contribution in [0.15, 0.2) is 30.3 Å². The van der Waals surface area contributed by atoms with E-state index in [-0.39, 0.29) is 18.6 Å². The van der Waals surface area contributed by atoms with Crippen molar-refractivity contribution < 1.29 is 14.3 Å². The van der Waals surface area contributed by atoms with Crippen LogP contribution in [0.2, 0.25) is 0 Å². The van der Waals surface area contributed by atoms with Crippen molar-refractivity contribution in [2.24, 2.45) is 11.8 Å². The minimum Gasteiger partial charge on any atom is -0.452 e. The van der Waals surface area contributed by atoms with Crippen LogP contribution >= 0.6 is 0 Å². The van der Waals surface area contributed by atoms with Crippen LogP contribution in [-0.2, 0) is 16.1 Å². The summed E-state index contributed by atoms with van der Waals surface area (Å²) in [5.41, 5.74) is 2.90. The van der Waals surface area contributed by atoms with Gasteiger partial charge in [-0.15, -0.1) is 0 Å². The summed E-state index contributed by atoms with van der Waals surface area (Å²) in [6.45, 7) is 8.36. The summed E-state index contributed by atoms with van der Waals surface area (Å²) in [5, 5.41) is 7.52. The molecule has 1 aliphatic carbocycles. The number of nitrogens with one attached hydrogen (secondary N) is 1. The van der Waals surface area contributed by atoms with Crippen LogP contribution in [0.4, 0.5) is 0 Å². The summed E-state index contributed by atoms with van der Waals surface area (Å²) in [6.07, 6.45) is 3.30. The Balaban J connectivity index is 1.58. The van der Waals surface area contributed by atoms with Gasteiger partial charge in [0.1, 0.15) is 5.56 Å². The molecule has 0 unspecified atom stereocenters. The van der Waals surface area contributed by atoms with Crippen LogP contribution < -0.4 is 5.32 Å². The lowest BCUT2D eigenvalue weighted by molar-refractivity contribution is -0.125. The first-order chi connectivity index (χ1) is 13.9. The SMILES string of the molecule is Cc1nn(Cc2ccccc2)c(C)c1C(=O)OCC(=O)N[C@@H]1CCC[C@H](C)[C@@H]1C. The molecule has 0 spiro atoms. The summed E-state index contributed by atoms with van der Waals surface area (Å²) in [4.78, 5) is 24.9. The van der Waals surface area contributed by atoms with Crippen LogP contribution in [0.25, 0.3) is 0 Å². The van der Waals surface area contributed by atoms with Gasteiger partial charge in [-0.05, 0) is 37.7 Å². The fraction of sp³-hybridized carbons (Fsp3) is 0.522. The summed E-state index contributed by atoms with van der Waals surface area (Å²) in [5.74, 6) is 0.289. The number of nitrogens with zero attached hydrogens (tertiary/aromatic N) is 2. The first-order valence-corrected chi connectivity index (χ1v) is 10.4. The van der Waals surface area contributed by atoms with E-state index in [1.807, 2.05) is 37.3 Å². The number of amides is 1. The van der Waals surface area contributed by atoms with Crippen LogP contribution in [0, 0.1) is 25.7 Å². The minimum atomic E-state index is -0.500. The highest BCUT2D eigenvalue weighted by Gasteiger charge is 2.28. The molecule has 3 rings (SSSR count). The predicted molar refractivity (Wildman–Crippen MR) is 112 cm³/mol. The van der Waals surface area contributed by atoms with E-state index >= 15 is 0 Å². The molecule has 29 heavy (non-hydrogen) atoms. The van der Waals surface area contributed by atoms with Crippen molar-refractivity contribution >= 4 is 11.9 Å². The van der Waals surface area contributed by atoms with Gasteiger partial charge in [-0.25, -0.2) is 4.79 Å². The monoisotopic (exact) mass is 397 g/mol. The van der Waals surface area contributed by atoms with E-state index in [0.29, 0.717) is 29.6 Å². The van der Waals surface area contributed by atoms with Crippen LogP contribution in [0.1, 0.15) is 60.4 Å². The second-order valence-corrected chi connectivity index (χ2v) is 8.21. The average molecular weight is 398 g/mol. The number of aromatic nitrogens is 2. The second kappa shape index (κ2) is 9.25. The standard InChI is InChI=1S/C23H31N3O3/c1-15-9-8-12-20(16(15)2)24-21(27)14-29-23(28)22-17(3)25-26(18(22)4)13-19-10-6-5-7-11-19/h5-7,10-11,15-16,20H,8-9,12-14H2,1-4H3,(H,24,27)/t15-,16-,20+/m0/s1. The van der Waals surface area contributed by atoms with Crippen LogP contribution in [0.5, 0.6) is 0 Å². The largest absolute Gasteiger partial charge is 0.452 e. The normalized spacial score (nSPS) is 21.6. The Bertz CT molecular complexity index is 860. The Hall–Kier alpha value is -2.63. The summed E-state index contributed by atoms with van der Waals surface area (Å²) in [7, 11) is 0. The number of hydrogen-bond donors (Lipinski definition) is 1. The van der Waals surface area contributed by atoms with Gasteiger partial charge in [-0.1, -0.05) is 57.0 Å². The smallest absolute Gasteiger partial charge is 0.342 e. The van der Waals surface area contributed by atoms with Crippen LogP contribution in [-0.4, -0.2) is 34.3 Å². The van der Waals surface area contributed by atoms with Crippen molar-refractivity contribution in [2.75, 3.05) is 6.61 Å². The maximum atomic E-state index is 12.6. The quantitative estimate of drug-likeness (QED) is 0.755. The van der Waals surface area contributed by atoms with Gasteiger partial charge in [0, 0.05) is 6.04 Å². The average Bonchev–Trinajstić information content (AvgIpc) is 2.97. The first-order valence-electron chi connectivity index (χ1n) is 10.4. The van der Waals surface area contributed by atoms with Gasteiger partial charge in [0.15, 0.2) is 6.61 Å². The Labute approximate surface area is 172 Å². The molecule has 1 heterocycles. The van der Waals surface area contributed by atoms with Crippen LogP contribution in [0.3, 0.4) is 0 Å². The van der Waals surface area contributed by atoms with E-state index in [1.54, 1.807) is 11.6 Å². The molecule has 6 heteroatoms. The summed E-state index contributed by atoms with van der Waals surface area (Å²) in [6, 6.07) is 10.1. The van der Waals surface area contributed by atoms with E-state index in [9.17, 15) is 9.59 Å². The molecule has 2 aromatic rings.